The molecular weight excluding hydrogens is 240 g/mol. The number of halogens is 1. The monoisotopic (exact) mass is 254 g/mol. The number of rotatable bonds is 4. The van der Waals surface area contributed by atoms with Crippen molar-refractivity contribution in [2.45, 2.75) is 13.8 Å². The molecule has 0 heterocycles. The molecule has 2 N–H and O–H groups in total. The van der Waals surface area contributed by atoms with Gasteiger partial charge in [0.05, 0.1) is 6.54 Å². The Bertz CT molecular complexity index is 412. The molecule has 0 bridgehead atoms. The Morgan fingerprint density at radius 2 is 1.76 bits per heavy atom. The van der Waals surface area contributed by atoms with Gasteiger partial charge in [-0.2, -0.15) is 0 Å². The van der Waals surface area contributed by atoms with Crippen LogP contribution in [0, 0.1) is 13.8 Å². The number of carbonyl (C=O) groups is 2. The number of hydrogen-bond acceptors (Lipinski definition) is 2. The van der Waals surface area contributed by atoms with Gasteiger partial charge in [-0.15, -0.1) is 11.6 Å². The fourth-order valence-electron chi connectivity index (χ4n) is 1.42. The summed E-state index contributed by atoms with van der Waals surface area (Å²) in [6.45, 7) is 3.76. The molecule has 0 aliphatic heterocycles. The predicted molar refractivity (Wildman–Crippen MR) is 68.3 cm³/mol. The van der Waals surface area contributed by atoms with Crippen LogP contribution in [0.15, 0.2) is 18.2 Å². The molecule has 1 aromatic rings. The summed E-state index contributed by atoms with van der Waals surface area (Å²) < 4.78 is 0. The maximum Gasteiger partial charge on any atom is 0.243 e. The van der Waals surface area contributed by atoms with Crippen molar-refractivity contribution in [1.29, 1.82) is 0 Å². The van der Waals surface area contributed by atoms with Crippen LogP contribution in [0.1, 0.15) is 11.1 Å². The largest absolute Gasteiger partial charge is 0.346 e. The van der Waals surface area contributed by atoms with Crippen LogP contribution in [0.4, 0.5) is 5.69 Å². The number of anilines is 1. The zero-order valence-corrected chi connectivity index (χ0v) is 10.6. The van der Waals surface area contributed by atoms with Crippen molar-refractivity contribution in [3.8, 4) is 0 Å². The van der Waals surface area contributed by atoms with Crippen molar-refractivity contribution >= 4 is 29.1 Å². The molecule has 2 amide bonds. The molecular formula is C12H15ClN2O2. The quantitative estimate of drug-likeness (QED) is 0.802. The summed E-state index contributed by atoms with van der Waals surface area (Å²) in [6, 6.07) is 5.76. The Balaban J connectivity index is 2.59. The number of alkyl halides is 1. The van der Waals surface area contributed by atoms with E-state index in [9.17, 15) is 9.59 Å². The number of aryl methyl sites for hydroxylation is 2. The molecule has 0 fully saturated rings. The molecule has 1 aromatic carbocycles. The number of nitrogens with one attached hydrogen (secondary N) is 2. The van der Waals surface area contributed by atoms with Crippen molar-refractivity contribution in [2.75, 3.05) is 17.7 Å². The van der Waals surface area contributed by atoms with Gasteiger partial charge in [0.1, 0.15) is 5.88 Å². The Labute approximate surface area is 105 Å². The minimum Gasteiger partial charge on any atom is -0.346 e. The van der Waals surface area contributed by atoms with Crippen LogP contribution < -0.4 is 10.6 Å². The SMILES string of the molecule is Cc1cccc(C)c1NC(=O)CNC(=O)CCl. The topological polar surface area (TPSA) is 58.2 Å². The summed E-state index contributed by atoms with van der Waals surface area (Å²) in [7, 11) is 0. The lowest BCUT2D eigenvalue weighted by Gasteiger charge is -2.11. The van der Waals surface area contributed by atoms with Gasteiger partial charge in [0.2, 0.25) is 11.8 Å². The fourth-order valence-corrected chi connectivity index (χ4v) is 1.52. The van der Waals surface area contributed by atoms with Gasteiger partial charge in [-0.1, -0.05) is 18.2 Å². The van der Waals surface area contributed by atoms with Crippen LogP contribution in [0.3, 0.4) is 0 Å². The highest BCUT2D eigenvalue weighted by molar-refractivity contribution is 6.27. The maximum absolute atomic E-state index is 11.6. The molecule has 92 valence electrons. The first-order valence-corrected chi connectivity index (χ1v) is 5.76. The summed E-state index contributed by atoms with van der Waals surface area (Å²) in [5, 5.41) is 5.17. The van der Waals surface area contributed by atoms with Gasteiger partial charge in [-0.3, -0.25) is 9.59 Å². The van der Waals surface area contributed by atoms with Gasteiger partial charge in [0.25, 0.3) is 0 Å². The van der Waals surface area contributed by atoms with Gasteiger partial charge < -0.3 is 10.6 Å². The molecule has 0 radical (unpaired) electrons. The van der Waals surface area contributed by atoms with Crippen molar-refractivity contribution in [3.05, 3.63) is 29.3 Å². The van der Waals surface area contributed by atoms with E-state index in [2.05, 4.69) is 10.6 Å². The highest BCUT2D eigenvalue weighted by atomic mass is 35.5. The first-order valence-electron chi connectivity index (χ1n) is 5.23. The van der Waals surface area contributed by atoms with E-state index < -0.39 is 0 Å². The van der Waals surface area contributed by atoms with E-state index in [0.29, 0.717) is 0 Å². The molecule has 0 aliphatic carbocycles. The lowest BCUT2D eigenvalue weighted by Crippen LogP contribution is -2.33. The molecule has 1 rings (SSSR count). The van der Waals surface area contributed by atoms with Crippen LogP contribution in [0.25, 0.3) is 0 Å². The number of hydrogen-bond donors (Lipinski definition) is 2. The standard InChI is InChI=1S/C12H15ClN2O2/c1-8-4-3-5-9(2)12(8)15-11(17)7-14-10(16)6-13/h3-5H,6-7H2,1-2H3,(H,14,16)(H,15,17). The summed E-state index contributed by atoms with van der Waals surface area (Å²) in [5.41, 5.74) is 2.77. The van der Waals surface area contributed by atoms with Gasteiger partial charge in [0.15, 0.2) is 0 Å². The average Bonchev–Trinajstić information content (AvgIpc) is 2.31. The minimum atomic E-state index is -0.358. The van der Waals surface area contributed by atoms with E-state index in [4.69, 9.17) is 11.6 Å². The van der Waals surface area contributed by atoms with Crippen LogP contribution in [-0.4, -0.2) is 24.2 Å². The average molecular weight is 255 g/mol. The van der Waals surface area contributed by atoms with Gasteiger partial charge in [-0.25, -0.2) is 0 Å². The Morgan fingerprint density at radius 3 is 2.29 bits per heavy atom. The van der Waals surface area contributed by atoms with E-state index >= 15 is 0 Å². The molecule has 0 unspecified atom stereocenters. The third-order valence-electron chi connectivity index (χ3n) is 2.31. The minimum absolute atomic E-state index is 0.0701. The van der Waals surface area contributed by atoms with Crippen molar-refractivity contribution < 1.29 is 9.59 Å². The van der Waals surface area contributed by atoms with Crippen molar-refractivity contribution in [3.63, 3.8) is 0 Å². The number of para-hydroxylation sites is 1. The Kier molecular flexibility index (Phi) is 4.97. The van der Waals surface area contributed by atoms with Gasteiger partial charge in [0, 0.05) is 5.69 Å². The van der Waals surface area contributed by atoms with E-state index in [1.807, 2.05) is 32.0 Å². The summed E-state index contributed by atoms with van der Waals surface area (Å²) in [5.74, 6) is -0.763. The van der Waals surface area contributed by atoms with E-state index in [0.717, 1.165) is 16.8 Å². The molecule has 4 nitrogen and oxygen atoms in total. The second kappa shape index (κ2) is 6.25. The molecule has 0 saturated heterocycles. The molecule has 5 heteroatoms. The molecule has 0 spiro atoms. The first-order chi connectivity index (χ1) is 8.04. The smallest absolute Gasteiger partial charge is 0.243 e. The van der Waals surface area contributed by atoms with Crippen LogP contribution >= 0.6 is 11.6 Å². The second-order valence-corrected chi connectivity index (χ2v) is 3.99. The number of amides is 2. The molecule has 0 aromatic heterocycles. The van der Waals surface area contributed by atoms with Crippen molar-refractivity contribution in [1.82, 2.24) is 5.32 Å². The summed E-state index contributed by atoms with van der Waals surface area (Å²) in [6.07, 6.45) is 0. The van der Waals surface area contributed by atoms with E-state index in [-0.39, 0.29) is 24.2 Å². The zero-order valence-electron chi connectivity index (χ0n) is 9.84. The van der Waals surface area contributed by atoms with E-state index in [1.165, 1.54) is 0 Å². The predicted octanol–water partition coefficient (Wildman–Crippen LogP) is 1.60. The van der Waals surface area contributed by atoms with Gasteiger partial charge in [-0.05, 0) is 25.0 Å². The highest BCUT2D eigenvalue weighted by Crippen LogP contribution is 2.18. The third-order valence-corrected chi connectivity index (χ3v) is 2.56. The Morgan fingerprint density at radius 1 is 1.18 bits per heavy atom. The highest BCUT2D eigenvalue weighted by Gasteiger charge is 2.08. The molecule has 0 aliphatic rings. The molecule has 17 heavy (non-hydrogen) atoms. The second-order valence-electron chi connectivity index (χ2n) is 3.73. The first kappa shape index (κ1) is 13.5. The van der Waals surface area contributed by atoms with Crippen molar-refractivity contribution in [2.24, 2.45) is 0 Å². The lowest BCUT2D eigenvalue weighted by molar-refractivity contribution is -0.122. The zero-order chi connectivity index (χ0) is 12.8. The maximum atomic E-state index is 11.6. The third kappa shape index (κ3) is 4.07. The van der Waals surface area contributed by atoms with Crippen LogP contribution in [0.2, 0.25) is 0 Å². The van der Waals surface area contributed by atoms with Gasteiger partial charge >= 0.3 is 0 Å². The summed E-state index contributed by atoms with van der Waals surface area (Å²) >= 11 is 5.30. The number of benzene rings is 1. The lowest BCUT2D eigenvalue weighted by atomic mass is 10.1. The van der Waals surface area contributed by atoms with E-state index in [1.54, 1.807) is 0 Å². The fraction of sp³-hybridized carbons (Fsp3) is 0.333. The molecule has 0 atom stereocenters. The molecule has 0 saturated carbocycles. The van der Waals surface area contributed by atoms with Crippen LogP contribution in [-0.2, 0) is 9.59 Å². The Hall–Kier alpha value is -1.55. The van der Waals surface area contributed by atoms with Crippen LogP contribution in [0.5, 0.6) is 0 Å². The summed E-state index contributed by atoms with van der Waals surface area (Å²) in [4.78, 5) is 22.4. The normalized spacial score (nSPS) is 9.82. The number of carbonyl (C=O) groups excluding carboxylic acids is 2.